The van der Waals surface area contributed by atoms with Crippen molar-refractivity contribution in [1.29, 1.82) is 0 Å². The van der Waals surface area contributed by atoms with Crippen LogP contribution in [0.15, 0.2) is 121 Å². The summed E-state index contributed by atoms with van der Waals surface area (Å²) in [6.45, 7) is 11.1. The quantitative estimate of drug-likeness (QED) is 0.175. The van der Waals surface area contributed by atoms with Crippen molar-refractivity contribution in [2.45, 2.75) is 57.0 Å². The number of hydrogen-bond acceptors (Lipinski definition) is 2. The van der Waals surface area contributed by atoms with E-state index in [1.165, 1.54) is 39.6 Å². The molecule has 0 amide bonds. The molecule has 2 aliphatic rings. The topological polar surface area (TPSA) is 35.1 Å². The average Bonchev–Trinajstić information content (AvgIpc) is 3.44. The van der Waals surface area contributed by atoms with Gasteiger partial charge in [0.2, 0.25) is 0 Å². The highest BCUT2D eigenvalue weighted by Gasteiger charge is 2.61. The van der Waals surface area contributed by atoms with E-state index in [-0.39, 0.29) is 16.2 Å². The number of allylic oxidation sites excluding steroid dienone is 1. The predicted molar refractivity (Wildman–Crippen MR) is 178 cm³/mol. The lowest BCUT2D eigenvalue weighted by atomic mass is 9.67. The lowest BCUT2D eigenvalue weighted by Crippen LogP contribution is -2.46. The lowest BCUT2D eigenvalue weighted by Gasteiger charge is -2.43. The fourth-order valence-corrected chi connectivity index (χ4v) is 12.3. The first kappa shape index (κ1) is 28.4. The molecule has 1 fully saturated rings. The summed E-state index contributed by atoms with van der Waals surface area (Å²) in [5, 5.41) is 1.55. The van der Waals surface area contributed by atoms with Gasteiger partial charge < -0.3 is 4.55 Å². The van der Waals surface area contributed by atoms with E-state index in [0.29, 0.717) is 11.6 Å². The number of nitrogens with one attached hydrogen (secondary N) is 1. The van der Waals surface area contributed by atoms with Crippen LogP contribution in [0, 0.1) is 5.41 Å². The Bertz CT molecular complexity index is 1510. The van der Waals surface area contributed by atoms with Gasteiger partial charge in [0.25, 0.3) is 0 Å². The molecule has 0 aliphatic carbocycles. The smallest absolute Gasteiger partial charge is 0.136 e. The highest BCUT2D eigenvalue weighted by Crippen LogP contribution is 2.80. The van der Waals surface area contributed by atoms with E-state index in [0.717, 1.165) is 0 Å². The Labute approximate surface area is 250 Å². The number of hydrogen-bond donors (Lipinski definition) is 1. The number of benzene rings is 4. The third-order valence-electron chi connectivity index (χ3n) is 9.10. The van der Waals surface area contributed by atoms with Gasteiger partial charge in [-0.1, -0.05) is 136 Å². The molecule has 2 nitrogen and oxygen atoms in total. The van der Waals surface area contributed by atoms with E-state index >= 15 is 0 Å². The van der Waals surface area contributed by atoms with Crippen LogP contribution in [0.4, 0.5) is 0 Å². The summed E-state index contributed by atoms with van der Waals surface area (Å²) >= 11 is -1.21. The molecule has 0 radical (unpaired) electrons. The van der Waals surface area contributed by atoms with Gasteiger partial charge in [-0.05, 0) is 67.0 Å². The minimum absolute atomic E-state index is 0.0372. The molecule has 4 heteroatoms. The standard InChI is InChI=1S/C37H40NOPS/c1-26-34(31-19-13-8-14-20-31)40-25-37(26,5)32(29-17-11-7-12-18-29)35(40)33(38-41(39)36(2,3)4)30-23-21-28(22-24-30)27-15-9-6-10-16-27/h6-24,32-33,35,38H,25H2,1-5H3/t32-,33+,35?,37+,40-,41-/m1/s1. The molecule has 41 heavy (non-hydrogen) atoms. The van der Waals surface area contributed by atoms with Crippen molar-refractivity contribution in [3.05, 3.63) is 138 Å². The van der Waals surface area contributed by atoms with Crippen LogP contribution >= 0.6 is 7.92 Å². The van der Waals surface area contributed by atoms with Crippen molar-refractivity contribution in [2.24, 2.45) is 5.41 Å². The molecule has 1 unspecified atom stereocenters. The molecule has 6 atom stereocenters. The highest BCUT2D eigenvalue weighted by atomic mass is 32.2. The summed E-state index contributed by atoms with van der Waals surface area (Å²) in [6.07, 6.45) is 1.17. The second-order valence-electron chi connectivity index (χ2n) is 12.7. The molecule has 2 bridgehead atoms. The van der Waals surface area contributed by atoms with E-state index in [1.807, 2.05) is 0 Å². The molecule has 6 rings (SSSR count). The minimum atomic E-state index is -1.21. The average molecular weight is 578 g/mol. The maximum Gasteiger partial charge on any atom is 0.136 e. The van der Waals surface area contributed by atoms with Crippen LogP contribution in [-0.2, 0) is 11.4 Å². The maximum absolute atomic E-state index is 13.8. The molecule has 210 valence electrons. The van der Waals surface area contributed by atoms with E-state index in [1.54, 1.807) is 5.31 Å². The maximum atomic E-state index is 13.8. The molecule has 0 saturated carbocycles. The zero-order valence-corrected chi connectivity index (χ0v) is 26.4. The molecule has 1 saturated heterocycles. The fourth-order valence-electron chi connectivity index (χ4n) is 6.90. The van der Waals surface area contributed by atoms with Gasteiger partial charge in [0, 0.05) is 28.4 Å². The third kappa shape index (κ3) is 5.23. The van der Waals surface area contributed by atoms with Crippen molar-refractivity contribution >= 4 is 24.6 Å². The van der Waals surface area contributed by atoms with Crippen molar-refractivity contribution in [1.82, 2.24) is 4.72 Å². The normalized spacial score (nSPS) is 25.4. The Morgan fingerprint density at radius 2 is 1.29 bits per heavy atom. The molecule has 4 aromatic carbocycles. The van der Waals surface area contributed by atoms with Crippen LogP contribution in [0.25, 0.3) is 16.4 Å². The lowest BCUT2D eigenvalue weighted by molar-refractivity contribution is 0.345. The van der Waals surface area contributed by atoms with Crippen LogP contribution < -0.4 is 4.72 Å². The number of rotatable bonds is 7. The Morgan fingerprint density at radius 3 is 1.85 bits per heavy atom. The zero-order chi connectivity index (χ0) is 28.8. The Hall–Kier alpha value is -2.68. The molecule has 2 aliphatic heterocycles. The van der Waals surface area contributed by atoms with Crippen molar-refractivity contribution in [3.63, 3.8) is 0 Å². The van der Waals surface area contributed by atoms with Gasteiger partial charge >= 0.3 is 0 Å². The van der Waals surface area contributed by atoms with E-state index in [4.69, 9.17) is 0 Å². The van der Waals surface area contributed by atoms with Gasteiger partial charge in [-0.2, -0.15) is 0 Å². The van der Waals surface area contributed by atoms with Gasteiger partial charge in [-0.15, -0.1) is 4.72 Å². The Morgan fingerprint density at radius 1 is 0.780 bits per heavy atom. The first-order chi connectivity index (χ1) is 19.7. The van der Waals surface area contributed by atoms with Crippen LogP contribution in [0.3, 0.4) is 0 Å². The summed E-state index contributed by atoms with van der Waals surface area (Å²) in [5.41, 5.74) is 8.28. The molecule has 0 spiro atoms. The van der Waals surface area contributed by atoms with Crippen molar-refractivity contribution in [3.8, 4) is 11.1 Å². The first-order valence-electron chi connectivity index (χ1n) is 14.6. The summed E-state index contributed by atoms with van der Waals surface area (Å²) in [7, 11) is -0.521. The highest BCUT2D eigenvalue weighted by molar-refractivity contribution is 7.90. The summed E-state index contributed by atoms with van der Waals surface area (Å²) < 4.78 is 17.2. The van der Waals surface area contributed by atoms with E-state index in [2.05, 4.69) is 155 Å². The van der Waals surface area contributed by atoms with Crippen molar-refractivity contribution < 1.29 is 4.55 Å². The van der Waals surface area contributed by atoms with Gasteiger partial charge in [0.15, 0.2) is 0 Å². The van der Waals surface area contributed by atoms with E-state index in [9.17, 15) is 4.55 Å². The summed E-state index contributed by atoms with van der Waals surface area (Å²) in [4.78, 5) is 0. The largest absolute Gasteiger partial charge is 0.598 e. The second-order valence-corrected chi connectivity index (χ2v) is 17.0. The number of fused-ring (bicyclic) bond motifs is 2. The van der Waals surface area contributed by atoms with Crippen LogP contribution in [0.1, 0.15) is 63.3 Å². The Balaban J connectivity index is 1.50. The third-order valence-corrected chi connectivity index (χ3v) is 14.2. The van der Waals surface area contributed by atoms with Crippen LogP contribution in [-0.4, -0.2) is 21.1 Å². The van der Waals surface area contributed by atoms with Gasteiger partial charge in [0.1, 0.15) is 4.75 Å². The van der Waals surface area contributed by atoms with Gasteiger partial charge in [0.05, 0.1) is 6.04 Å². The molecular formula is C37H40NOPS. The van der Waals surface area contributed by atoms with E-state index < -0.39 is 19.3 Å². The molecular weight excluding hydrogens is 537 g/mol. The molecule has 2 heterocycles. The molecule has 4 aromatic rings. The molecule has 0 aromatic heterocycles. The minimum Gasteiger partial charge on any atom is -0.598 e. The summed E-state index contributed by atoms with van der Waals surface area (Å²) in [6, 6.07) is 41.6. The van der Waals surface area contributed by atoms with Crippen LogP contribution in [0.5, 0.6) is 0 Å². The first-order valence-corrected chi connectivity index (χ1v) is 17.3. The molecule has 1 N–H and O–H groups in total. The SMILES string of the molecule is CC1=C(c2ccccc2)[P@@]2C[C@]1(C)[C@H](c1ccccc1)C2[C@@H](N[S@+]([O-])C(C)(C)C)c1ccc(-c2ccccc2)cc1. The van der Waals surface area contributed by atoms with Crippen molar-refractivity contribution in [2.75, 3.05) is 6.16 Å². The Kier molecular flexibility index (Phi) is 7.76. The van der Waals surface area contributed by atoms with Crippen LogP contribution in [0.2, 0.25) is 0 Å². The van der Waals surface area contributed by atoms with Gasteiger partial charge in [-0.25, -0.2) is 0 Å². The van der Waals surface area contributed by atoms with Gasteiger partial charge in [-0.3, -0.25) is 0 Å². The monoisotopic (exact) mass is 577 g/mol. The summed E-state index contributed by atoms with van der Waals surface area (Å²) in [5.74, 6) is 0.338. The predicted octanol–water partition coefficient (Wildman–Crippen LogP) is 9.55. The fraction of sp³-hybridized carbons (Fsp3) is 0.297. The zero-order valence-electron chi connectivity index (χ0n) is 24.7. The second kappa shape index (κ2) is 11.2.